The zero-order valence-corrected chi connectivity index (χ0v) is 25.7. The number of nitriles is 1. The van der Waals surface area contributed by atoms with Gasteiger partial charge in [-0.1, -0.05) is 133 Å². The third-order valence-electron chi connectivity index (χ3n) is 8.94. The van der Waals surface area contributed by atoms with Crippen molar-refractivity contribution >= 4 is 27.5 Å². The molecular formula is C44H26FN3. The van der Waals surface area contributed by atoms with Gasteiger partial charge in [-0.15, -0.1) is 0 Å². The van der Waals surface area contributed by atoms with Crippen molar-refractivity contribution in [3.63, 3.8) is 0 Å². The van der Waals surface area contributed by atoms with Crippen LogP contribution >= 0.6 is 0 Å². The van der Waals surface area contributed by atoms with Gasteiger partial charge in [-0.25, -0.2) is 9.24 Å². The minimum Gasteiger partial charge on any atom is -0.309 e. The number of hydrogen-bond acceptors (Lipinski definition) is 1. The van der Waals surface area contributed by atoms with Crippen molar-refractivity contribution in [2.24, 2.45) is 0 Å². The zero-order valence-electron chi connectivity index (χ0n) is 25.7. The Morgan fingerprint density at radius 1 is 0.521 bits per heavy atom. The summed E-state index contributed by atoms with van der Waals surface area (Å²) in [7, 11) is 0. The highest BCUT2D eigenvalue weighted by Gasteiger charge is 2.29. The summed E-state index contributed by atoms with van der Waals surface area (Å²) in [5.41, 5.74) is 8.63. The van der Waals surface area contributed by atoms with Gasteiger partial charge in [-0.3, -0.25) is 0 Å². The second-order valence-electron chi connectivity index (χ2n) is 11.6. The Labute approximate surface area is 277 Å². The van der Waals surface area contributed by atoms with Crippen LogP contribution < -0.4 is 0 Å². The topological polar surface area (TPSA) is 33.1 Å². The van der Waals surface area contributed by atoms with Gasteiger partial charge in [0.25, 0.3) is 0 Å². The first-order valence-electron chi connectivity index (χ1n) is 15.6. The van der Waals surface area contributed by atoms with Gasteiger partial charge >= 0.3 is 0 Å². The van der Waals surface area contributed by atoms with Crippen molar-refractivity contribution in [3.8, 4) is 56.3 Å². The molecule has 48 heavy (non-hydrogen) atoms. The van der Waals surface area contributed by atoms with Crippen LogP contribution in [0.15, 0.2) is 158 Å². The molecule has 0 unspecified atom stereocenters. The predicted octanol–water partition coefficient (Wildman–Crippen LogP) is 12.0. The molecule has 0 spiro atoms. The molecule has 0 aliphatic heterocycles. The summed E-state index contributed by atoms with van der Waals surface area (Å²) in [6, 6.07) is 54.3. The number of aromatic nitrogens is 1. The average Bonchev–Trinajstić information content (AvgIpc) is 3.48. The molecule has 1 aromatic heterocycles. The lowest BCUT2D eigenvalue weighted by molar-refractivity contribution is 0.630. The highest BCUT2D eigenvalue weighted by molar-refractivity contribution is 6.13. The molecule has 4 heteroatoms. The van der Waals surface area contributed by atoms with Gasteiger partial charge in [-0.2, -0.15) is 5.26 Å². The summed E-state index contributed by atoms with van der Waals surface area (Å²) < 4.78 is 18.6. The van der Waals surface area contributed by atoms with Crippen LogP contribution in [0.2, 0.25) is 0 Å². The van der Waals surface area contributed by atoms with Crippen molar-refractivity contribution in [1.29, 1.82) is 5.26 Å². The molecule has 0 bridgehead atoms. The Bertz CT molecular complexity index is 2380. The van der Waals surface area contributed by atoms with Crippen molar-refractivity contribution in [1.82, 2.24) is 4.57 Å². The summed E-state index contributed by atoms with van der Waals surface area (Å²) in [5.74, 6) is -0.813. The lowest BCUT2D eigenvalue weighted by atomic mass is 9.89. The SMILES string of the molecule is [C-]#[N+]c1c(F)c(C#N)c(-c2ccccc2)c(-n2c3ccc(-c4ccccc4)cc3c3cc(-c4ccccc4)ccc32)c1-c1ccccc1. The summed E-state index contributed by atoms with van der Waals surface area (Å²) in [6.45, 7) is 8.18. The summed E-state index contributed by atoms with van der Waals surface area (Å²) in [4.78, 5) is 3.74. The van der Waals surface area contributed by atoms with Crippen LogP contribution in [-0.2, 0) is 0 Å². The molecule has 0 amide bonds. The maximum absolute atomic E-state index is 16.5. The van der Waals surface area contributed by atoms with Crippen molar-refractivity contribution in [3.05, 3.63) is 181 Å². The normalized spacial score (nSPS) is 11.0. The largest absolute Gasteiger partial charge is 0.309 e. The minimum atomic E-state index is -0.813. The molecule has 1 heterocycles. The molecule has 224 valence electrons. The monoisotopic (exact) mass is 615 g/mol. The second kappa shape index (κ2) is 11.9. The Morgan fingerprint density at radius 2 is 0.938 bits per heavy atom. The minimum absolute atomic E-state index is 0.154. The maximum atomic E-state index is 16.5. The van der Waals surface area contributed by atoms with Crippen molar-refractivity contribution in [2.45, 2.75) is 0 Å². The lowest BCUT2D eigenvalue weighted by Crippen LogP contribution is -2.05. The summed E-state index contributed by atoms with van der Waals surface area (Å²) >= 11 is 0. The molecule has 0 aliphatic rings. The molecule has 8 rings (SSSR count). The Hall–Kier alpha value is -6.75. The molecule has 0 aliphatic carbocycles. The molecular weight excluding hydrogens is 590 g/mol. The van der Waals surface area contributed by atoms with E-state index < -0.39 is 5.82 Å². The molecule has 8 aromatic rings. The van der Waals surface area contributed by atoms with Gasteiger partial charge in [0, 0.05) is 21.9 Å². The lowest BCUT2D eigenvalue weighted by Gasteiger charge is -2.22. The van der Waals surface area contributed by atoms with Gasteiger partial charge in [0.1, 0.15) is 11.9 Å². The van der Waals surface area contributed by atoms with E-state index in [4.69, 9.17) is 6.57 Å². The number of benzene rings is 7. The van der Waals surface area contributed by atoms with Gasteiger partial charge in [-0.05, 0) is 57.6 Å². The molecule has 0 fully saturated rings. The fraction of sp³-hybridized carbons (Fsp3) is 0. The Morgan fingerprint density at radius 3 is 1.35 bits per heavy atom. The highest BCUT2D eigenvalue weighted by atomic mass is 19.1. The molecule has 0 radical (unpaired) electrons. The van der Waals surface area contributed by atoms with Crippen LogP contribution in [0.5, 0.6) is 0 Å². The Balaban J connectivity index is 1.58. The van der Waals surface area contributed by atoms with Crippen LogP contribution in [0.3, 0.4) is 0 Å². The van der Waals surface area contributed by atoms with E-state index in [-0.39, 0.29) is 11.3 Å². The van der Waals surface area contributed by atoms with E-state index >= 15 is 4.39 Å². The third-order valence-corrected chi connectivity index (χ3v) is 8.94. The molecule has 7 aromatic carbocycles. The first-order chi connectivity index (χ1) is 23.7. The van der Waals surface area contributed by atoms with Crippen LogP contribution in [0, 0.1) is 23.7 Å². The summed E-state index contributed by atoms with van der Waals surface area (Å²) in [5, 5.41) is 12.5. The van der Waals surface area contributed by atoms with Gasteiger partial charge in [0.05, 0.1) is 28.9 Å². The van der Waals surface area contributed by atoms with E-state index in [0.29, 0.717) is 27.9 Å². The van der Waals surface area contributed by atoms with E-state index in [2.05, 4.69) is 76.1 Å². The fourth-order valence-corrected chi connectivity index (χ4v) is 6.78. The van der Waals surface area contributed by atoms with Gasteiger partial charge < -0.3 is 4.57 Å². The standard InChI is InChI=1S/C44H26FN3/c1-47-43-41(32-20-12-5-13-21-32)44(40(37(28-46)42(43)45)31-18-10-4-11-19-31)48-38-24-22-33(29-14-6-2-7-15-29)26-35(38)36-27-34(23-25-39(36)48)30-16-8-3-9-17-30/h2-27H. The number of hydrogen-bond donors (Lipinski definition) is 0. The van der Waals surface area contributed by atoms with Gasteiger partial charge in [0.2, 0.25) is 5.69 Å². The average molecular weight is 616 g/mol. The van der Waals surface area contributed by atoms with Crippen LogP contribution in [0.25, 0.3) is 76.8 Å². The second-order valence-corrected chi connectivity index (χ2v) is 11.6. The number of fused-ring (bicyclic) bond motifs is 3. The number of nitrogens with zero attached hydrogens (tertiary/aromatic N) is 3. The van der Waals surface area contributed by atoms with E-state index in [1.807, 2.05) is 97.1 Å². The van der Waals surface area contributed by atoms with Crippen LogP contribution in [0.1, 0.15) is 5.56 Å². The van der Waals surface area contributed by atoms with Crippen molar-refractivity contribution < 1.29 is 4.39 Å². The molecule has 0 saturated heterocycles. The highest BCUT2D eigenvalue weighted by Crippen LogP contribution is 2.49. The van der Waals surface area contributed by atoms with Crippen molar-refractivity contribution in [2.75, 3.05) is 0 Å². The predicted molar refractivity (Wildman–Crippen MR) is 193 cm³/mol. The smallest absolute Gasteiger partial charge is 0.233 e. The Kier molecular flexibility index (Phi) is 7.10. The maximum Gasteiger partial charge on any atom is 0.233 e. The van der Waals surface area contributed by atoms with E-state index in [1.54, 1.807) is 0 Å². The number of rotatable bonds is 5. The molecule has 3 nitrogen and oxygen atoms in total. The van der Waals surface area contributed by atoms with Crippen LogP contribution in [-0.4, -0.2) is 4.57 Å². The summed E-state index contributed by atoms with van der Waals surface area (Å²) in [6.07, 6.45) is 0. The third kappa shape index (κ3) is 4.64. The first kappa shape index (κ1) is 28.7. The number of halogens is 1. The molecule has 0 saturated carbocycles. The first-order valence-corrected chi connectivity index (χ1v) is 15.6. The van der Waals surface area contributed by atoms with E-state index in [1.165, 1.54) is 0 Å². The van der Waals surface area contributed by atoms with Crippen LogP contribution in [0.4, 0.5) is 10.1 Å². The molecule has 0 N–H and O–H groups in total. The van der Waals surface area contributed by atoms with E-state index in [9.17, 15) is 5.26 Å². The quantitative estimate of drug-likeness (QED) is 0.177. The fourth-order valence-electron chi connectivity index (χ4n) is 6.78. The van der Waals surface area contributed by atoms with Gasteiger partial charge in [0.15, 0.2) is 0 Å². The molecule has 0 atom stereocenters. The zero-order chi connectivity index (χ0) is 32.6. The van der Waals surface area contributed by atoms with E-state index in [0.717, 1.165) is 44.1 Å².